The molecule has 2 aromatic heterocycles. The molecule has 1 spiro atoms. The van der Waals surface area contributed by atoms with Crippen molar-refractivity contribution < 1.29 is 9.59 Å². The number of pyridine rings is 1. The number of carbonyl (C=O) groups excluding carboxylic acids is 2. The summed E-state index contributed by atoms with van der Waals surface area (Å²) in [6, 6.07) is 5.62. The van der Waals surface area contributed by atoms with Gasteiger partial charge in [0.1, 0.15) is 0 Å². The molecule has 27 heavy (non-hydrogen) atoms. The number of piperazine rings is 1. The van der Waals surface area contributed by atoms with E-state index in [1.54, 1.807) is 22.0 Å². The number of nitrogens with zero attached hydrogens (tertiary/aromatic N) is 6. The van der Waals surface area contributed by atoms with Crippen molar-refractivity contribution in [3.8, 4) is 0 Å². The molecule has 2 aliphatic heterocycles. The molecule has 8 nitrogen and oxygen atoms in total. The zero-order chi connectivity index (χ0) is 19.0. The number of anilines is 1. The molecule has 0 aromatic carbocycles. The molecular formula is C19H24N6O2. The quantitative estimate of drug-likeness (QED) is 0.779. The van der Waals surface area contributed by atoms with Gasteiger partial charge in [0, 0.05) is 44.8 Å². The maximum atomic E-state index is 12.7. The topological polar surface area (TPSA) is 74.6 Å². The Morgan fingerprint density at radius 2 is 2.11 bits per heavy atom. The maximum Gasteiger partial charge on any atom is 0.241 e. The smallest absolute Gasteiger partial charge is 0.241 e. The van der Waals surface area contributed by atoms with Crippen molar-refractivity contribution >= 4 is 17.5 Å². The van der Waals surface area contributed by atoms with Crippen molar-refractivity contribution in [2.75, 3.05) is 38.1 Å². The van der Waals surface area contributed by atoms with Crippen LogP contribution in [0.4, 0.5) is 5.69 Å². The highest BCUT2D eigenvalue weighted by Gasteiger charge is 2.48. The monoisotopic (exact) mass is 368 g/mol. The number of likely N-dealkylation sites (tertiary alicyclic amines) is 1. The van der Waals surface area contributed by atoms with Crippen LogP contribution in [-0.2, 0) is 23.1 Å². The summed E-state index contributed by atoms with van der Waals surface area (Å²) in [5.41, 5.74) is 1.38. The predicted octanol–water partition coefficient (Wildman–Crippen LogP) is 0.307. The third-order valence-electron chi connectivity index (χ3n) is 5.68. The Labute approximate surface area is 158 Å². The zero-order valence-corrected chi connectivity index (χ0v) is 15.7. The fourth-order valence-corrected chi connectivity index (χ4v) is 4.02. The van der Waals surface area contributed by atoms with Crippen LogP contribution < -0.4 is 4.90 Å². The van der Waals surface area contributed by atoms with Crippen molar-refractivity contribution in [3.63, 3.8) is 0 Å². The predicted molar refractivity (Wildman–Crippen MR) is 100 cm³/mol. The largest absolute Gasteiger partial charge is 0.340 e. The molecule has 4 rings (SSSR count). The van der Waals surface area contributed by atoms with E-state index in [1.807, 2.05) is 43.4 Å². The summed E-state index contributed by atoms with van der Waals surface area (Å²) in [5, 5.41) is 4.19. The molecule has 0 radical (unpaired) electrons. The number of likely N-dealkylation sites (N-methyl/N-ethyl adjacent to an activating group) is 1. The third kappa shape index (κ3) is 3.32. The first-order valence-corrected chi connectivity index (χ1v) is 9.15. The highest BCUT2D eigenvalue weighted by atomic mass is 16.2. The van der Waals surface area contributed by atoms with Crippen LogP contribution in [0.2, 0.25) is 0 Å². The van der Waals surface area contributed by atoms with Gasteiger partial charge in [0.05, 0.1) is 30.4 Å². The van der Waals surface area contributed by atoms with E-state index in [9.17, 15) is 9.59 Å². The van der Waals surface area contributed by atoms with Gasteiger partial charge in [-0.15, -0.1) is 0 Å². The highest BCUT2D eigenvalue weighted by Crippen LogP contribution is 2.33. The molecule has 8 heteroatoms. The van der Waals surface area contributed by atoms with Gasteiger partial charge in [0.25, 0.3) is 0 Å². The normalized spacial score (nSPS) is 23.4. The van der Waals surface area contributed by atoms with E-state index in [-0.39, 0.29) is 17.4 Å². The minimum Gasteiger partial charge on any atom is -0.340 e. The molecule has 2 saturated heterocycles. The van der Waals surface area contributed by atoms with Crippen LogP contribution in [0, 0.1) is 0 Å². The van der Waals surface area contributed by atoms with Crippen LogP contribution in [0.15, 0.2) is 36.8 Å². The van der Waals surface area contributed by atoms with Crippen LogP contribution >= 0.6 is 0 Å². The molecule has 2 aromatic rings. The third-order valence-corrected chi connectivity index (χ3v) is 5.68. The van der Waals surface area contributed by atoms with Gasteiger partial charge in [-0.05, 0) is 25.6 Å². The molecule has 0 bridgehead atoms. The van der Waals surface area contributed by atoms with Crippen molar-refractivity contribution in [1.82, 2.24) is 24.6 Å². The Morgan fingerprint density at radius 3 is 2.81 bits per heavy atom. The lowest BCUT2D eigenvalue weighted by molar-refractivity contribution is -0.130. The van der Waals surface area contributed by atoms with Crippen molar-refractivity contribution in [2.24, 2.45) is 7.05 Å². The van der Waals surface area contributed by atoms with E-state index >= 15 is 0 Å². The first-order valence-electron chi connectivity index (χ1n) is 9.15. The Balaban J connectivity index is 1.49. The molecule has 0 saturated carbocycles. The van der Waals surface area contributed by atoms with Gasteiger partial charge < -0.3 is 9.80 Å². The molecule has 1 atom stereocenters. The number of hydrogen-bond donors (Lipinski definition) is 0. The number of amides is 2. The van der Waals surface area contributed by atoms with E-state index < -0.39 is 0 Å². The molecule has 2 aliphatic rings. The number of carbonyl (C=O) groups is 2. The lowest BCUT2D eigenvalue weighted by Gasteiger charge is -2.46. The SMILES string of the molecule is CN1CC(=O)N(c2cnn(C)c2)C[C@]12CCN(C(=O)Cc1ccccn1)C2. The van der Waals surface area contributed by atoms with Crippen molar-refractivity contribution in [3.05, 3.63) is 42.5 Å². The molecule has 2 fully saturated rings. The molecule has 4 heterocycles. The minimum atomic E-state index is -0.219. The summed E-state index contributed by atoms with van der Waals surface area (Å²) in [4.78, 5) is 35.4. The van der Waals surface area contributed by atoms with E-state index in [4.69, 9.17) is 0 Å². The standard InChI is InChI=1S/C19H24N6O2/c1-22-12-18(27)25(16-10-21-23(2)11-16)14-19(22)6-8-24(13-19)17(26)9-15-5-3-4-7-20-15/h3-5,7,10-11H,6,8-9,12-14H2,1-2H3/t19-/m1/s1. The second-order valence-corrected chi connectivity index (χ2v) is 7.50. The Bertz CT molecular complexity index is 851. The van der Waals surface area contributed by atoms with Crippen LogP contribution in [0.5, 0.6) is 0 Å². The Hall–Kier alpha value is -2.74. The van der Waals surface area contributed by atoms with E-state index in [1.165, 1.54) is 0 Å². The molecule has 0 aliphatic carbocycles. The van der Waals surface area contributed by atoms with Gasteiger partial charge in [-0.2, -0.15) is 5.10 Å². The van der Waals surface area contributed by atoms with Crippen molar-refractivity contribution in [1.29, 1.82) is 0 Å². The molecular weight excluding hydrogens is 344 g/mol. The number of aromatic nitrogens is 3. The lowest BCUT2D eigenvalue weighted by atomic mass is 9.93. The number of rotatable bonds is 3. The van der Waals surface area contributed by atoms with E-state index in [2.05, 4.69) is 15.0 Å². The second-order valence-electron chi connectivity index (χ2n) is 7.50. The summed E-state index contributed by atoms with van der Waals surface area (Å²) >= 11 is 0. The van der Waals surface area contributed by atoms with Gasteiger partial charge in [-0.1, -0.05) is 6.07 Å². The lowest BCUT2D eigenvalue weighted by Crippen LogP contribution is -2.64. The molecule has 0 unspecified atom stereocenters. The van der Waals surface area contributed by atoms with Crippen LogP contribution in [0.25, 0.3) is 0 Å². The minimum absolute atomic E-state index is 0.0642. The first kappa shape index (κ1) is 17.7. The first-order chi connectivity index (χ1) is 13.0. The summed E-state index contributed by atoms with van der Waals surface area (Å²) in [7, 11) is 3.82. The average Bonchev–Trinajstić information content (AvgIpc) is 3.27. The fourth-order valence-electron chi connectivity index (χ4n) is 4.02. The molecule has 142 valence electrons. The average molecular weight is 368 g/mol. The zero-order valence-electron chi connectivity index (χ0n) is 15.7. The summed E-state index contributed by atoms with van der Waals surface area (Å²) in [6.45, 7) is 2.24. The van der Waals surface area contributed by atoms with Gasteiger partial charge in [-0.25, -0.2) is 0 Å². The number of aryl methyl sites for hydroxylation is 1. The van der Waals surface area contributed by atoms with Crippen LogP contribution in [0.3, 0.4) is 0 Å². The Morgan fingerprint density at radius 1 is 1.26 bits per heavy atom. The highest BCUT2D eigenvalue weighted by molar-refractivity contribution is 5.95. The number of hydrogen-bond acceptors (Lipinski definition) is 5. The van der Waals surface area contributed by atoms with Gasteiger partial charge >= 0.3 is 0 Å². The maximum absolute atomic E-state index is 12.7. The second kappa shape index (κ2) is 6.77. The van der Waals surface area contributed by atoms with Gasteiger partial charge in [0.15, 0.2) is 0 Å². The van der Waals surface area contributed by atoms with Crippen LogP contribution in [0.1, 0.15) is 12.1 Å². The fraction of sp³-hybridized carbons (Fsp3) is 0.474. The summed E-state index contributed by atoms with van der Waals surface area (Å²) < 4.78 is 1.70. The van der Waals surface area contributed by atoms with Crippen LogP contribution in [-0.4, -0.2) is 75.1 Å². The van der Waals surface area contributed by atoms with Gasteiger partial charge in [0.2, 0.25) is 11.8 Å². The van der Waals surface area contributed by atoms with E-state index in [0.717, 1.165) is 17.8 Å². The summed E-state index contributed by atoms with van der Waals surface area (Å²) in [6.07, 6.45) is 6.44. The Kier molecular flexibility index (Phi) is 4.43. The van der Waals surface area contributed by atoms with Crippen molar-refractivity contribution in [2.45, 2.75) is 18.4 Å². The molecule has 0 N–H and O–H groups in total. The van der Waals surface area contributed by atoms with Gasteiger partial charge in [-0.3, -0.25) is 24.2 Å². The summed E-state index contributed by atoms with van der Waals surface area (Å²) in [5.74, 6) is 0.151. The van der Waals surface area contributed by atoms with E-state index in [0.29, 0.717) is 32.6 Å². The molecule has 2 amide bonds.